The number of thiophene rings is 1. The Morgan fingerprint density at radius 3 is 2.87 bits per heavy atom. The molecule has 3 rings (SSSR count). The van der Waals surface area contributed by atoms with Gasteiger partial charge in [0.25, 0.3) is 0 Å². The summed E-state index contributed by atoms with van der Waals surface area (Å²) in [6.45, 7) is 9.04. The van der Waals surface area contributed by atoms with Crippen LogP contribution in [0.2, 0.25) is 0 Å². The summed E-state index contributed by atoms with van der Waals surface area (Å²) in [6, 6.07) is 2.14. The number of hydrogen-bond acceptors (Lipinski definition) is 5. The molecule has 1 atom stereocenters. The smallest absolute Gasteiger partial charge is 0.350 e. The molecule has 124 valence electrons. The van der Waals surface area contributed by atoms with Crippen molar-refractivity contribution >= 4 is 33.2 Å². The molecule has 0 fully saturated rings. The minimum absolute atomic E-state index is 0.295. The number of anilines is 1. The molecular formula is C18H24N2O2S. The van der Waals surface area contributed by atoms with Gasteiger partial charge < -0.3 is 10.5 Å². The second-order valence-corrected chi connectivity index (χ2v) is 8.32. The molecule has 4 nitrogen and oxygen atoms in total. The van der Waals surface area contributed by atoms with Gasteiger partial charge in [0.05, 0.1) is 12.3 Å². The van der Waals surface area contributed by atoms with Gasteiger partial charge in [-0.25, -0.2) is 9.78 Å². The van der Waals surface area contributed by atoms with Crippen LogP contribution in [0.15, 0.2) is 6.07 Å². The summed E-state index contributed by atoms with van der Waals surface area (Å²) in [6.07, 6.45) is 3.20. The molecule has 23 heavy (non-hydrogen) atoms. The van der Waals surface area contributed by atoms with Crippen LogP contribution >= 0.6 is 11.3 Å². The van der Waals surface area contributed by atoms with Gasteiger partial charge in [0, 0.05) is 11.1 Å². The first-order valence-corrected chi connectivity index (χ1v) is 9.00. The number of fused-ring (bicyclic) bond motifs is 2. The Morgan fingerprint density at radius 1 is 1.48 bits per heavy atom. The first-order chi connectivity index (χ1) is 10.8. The van der Waals surface area contributed by atoms with E-state index in [1.807, 2.05) is 0 Å². The Bertz CT molecular complexity index is 758. The van der Waals surface area contributed by atoms with Gasteiger partial charge in [-0.3, -0.25) is 0 Å². The van der Waals surface area contributed by atoms with E-state index in [-0.39, 0.29) is 5.97 Å². The van der Waals surface area contributed by atoms with Crippen LogP contribution in [0.4, 0.5) is 5.69 Å². The van der Waals surface area contributed by atoms with Crippen LogP contribution in [-0.4, -0.2) is 17.6 Å². The number of hydrogen-bond donors (Lipinski definition) is 1. The zero-order valence-corrected chi connectivity index (χ0v) is 15.0. The van der Waals surface area contributed by atoms with E-state index in [2.05, 4.69) is 26.8 Å². The third-order valence-electron chi connectivity index (χ3n) is 4.77. The lowest BCUT2D eigenvalue weighted by Gasteiger charge is -2.34. The molecule has 1 aliphatic carbocycles. The Morgan fingerprint density at radius 2 is 2.22 bits per heavy atom. The van der Waals surface area contributed by atoms with E-state index in [1.54, 1.807) is 6.92 Å². The van der Waals surface area contributed by atoms with Crippen molar-refractivity contribution in [2.75, 3.05) is 12.3 Å². The van der Waals surface area contributed by atoms with Gasteiger partial charge in [0.2, 0.25) is 0 Å². The second-order valence-electron chi connectivity index (χ2n) is 7.32. The average Bonchev–Trinajstić information content (AvgIpc) is 2.80. The van der Waals surface area contributed by atoms with Crippen LogP contribution < -0.4 is 5.73 Å². The first-order valence-electron chi connectivity index (χ1n) is 8.19. The van der Waals surface area contributed by atoms with Gasteiger partial charge in [-0.15, -0.1) is 11.3 Å². The molecule has 0 unspecified atom stereocenters. The number of aryl methyl sites for hydroxylation is 1. The van der Waals surface area contributed by atoms with Gasteiger partial charge in [0.15, 0.2) is 0 Å². The summed E-state index contributed by atoms with van der Waals surface area (Å²) < 4.78 is 5.09. The van der Waals surface area contributed by atoms with Gasteiger partial charge >= 0.3 is 5.97 Å². The zero-order valence-electron chi connectivity index (χ0n) is 14.2. The number of pyridine rings is 1. The normalized spacial score (nSPS) is 18.0. The Labute approximate surface area is 141 Å². The van der Waals surface area contributed by atoms with Crippen LogP contribution in [-0.2, 0) is 17.6 Å². The van der Waals surface area contributed by atoms with Crippen LogP contribution in [0.1, 0.15) is 55.0 Å². The summed E-state index contributed by atoms with van der Waals surface area (Å²) in [4.78, 5) is 18.1. The first kappa shape index (κ1) is 16.2. The summed E-state index contributed by atoms with van der Waals surface area (Å²) >= 11 is 1.34. The molecule has 5 heteroatoms. The molecule has 0 bridgehead atoms. The molecular weight excluding hydrogens is 308 g/mol. The van der Waals surface area contributed by atoms with Crippen molar-refractivity contribution in [2.45, 2.75) is 47.0 Å². The number of nitrogen functional groups attached to an aromatic ring is 1. The predicted molar refractivity (Wildman–Crippen MR) is 95.0 cm³/mol. The van der Waals surface area contributed by atoms with E-state index in [1.165, 1.54) is 23.3 Å². The third kappa shape index (κ3) is 2.94. The highest BCUT2D eigenvalue weighted by Crippen LogP contribution is 2.40. The number of nitrogens with zero attached hydrogens (tertiary/aromatic N) is 1. The summed E-state index contributed by atoms with van der Waals surface area (Å²) in [5.41, 5.74) is 9.44. The van der Waals surface area contributed by atoms with Crippen molar-refractivity contribution in [2.24, 2.45) is 11.3 Å². The Hall–Kier alpha value is -1.62. The van der Waals surface area contributed by atoms with E-state index >= 15 is 0 Å². The summed E-state index contributed by atoms with van der Waals surface area (Å²) in [7, 11) is 0. The van der Waals surface area contributed by atoms with Gasteiger partial charge in [-0.05, 0) is 49.1 Å². The minimum atomic E-state index is -0.349. The van der Waals surface area contributed by atoms with E-state index in [4.69, 9.17) is 15.5 Å². The topological polar surface area (TPSA) is 65.2 Å². The molecule has 0 radical (unpaired) electrons. The number of nitrogens with two attached hydrogens (primary N) is 1. The zero-order chi connectivity index (χ0) is 16.8. The Kier molecular flexibility index (Phi) is 4.08. The fourth-order valence-corrected chi connectivity index (χ4v) is 4.27. The molecule has 0 saturated heterocycles. The van der Waals surface area contributed by atoms with Crippen LogP contribution in [0.3, 0.4) is 0 Å². The van der Waals surface area contributed by atoms with Crippen molar-refractivity contribution in [1.82, 2.24) is 4.98 Å². The van der Waals surface area contributed by atoms with Crippen LogP contribution in [0.25, 0.3) is 10.2 Å². The molecule has 2 aromatic rings. The third-order valence-corrected chi connectivity index (χ3v) is 5.87. The molecule has 0 spiro atoms. The quantitative estimate of drug-likeness (QED) is 0.837. The van der Waals surface area contributed by atoms with E-state index in [9.17, 15) is 4.79 Å². The highest BCUT2D eigenvalue weighted by molar-refractivity contribution is 7.21. The fraction of sp³-hybridized carbons (Fsp3) is 0.556. The molecule has 2 N–H and O–H groups in total. The molecule has 0 amide bonds. The van der Waals surface area contributed by atoms with Crippen molar-refractivity contribution in [1.29, 1.82) is 0 Å². The van der Waals surface area contributed by atoms with E-state index in [0.717, 1.165) is 28.8 Å². The maximum Gasteiger partial charge on any atom is 0.350 e. The largest absolute Gasteiger partial charge is 0.462 e. The molecule has 2 heterocycles. The molecule has 0 aromatic carbocycles. The predicted octanol–water partition coefficient (Wildman–Crippen LogP) is 4.21. The average molecular weight is 332 g/mol. The molecule has 1 aliphatic rings. The molecule has 0 saturated carbocycles. The lowest BCUT2D eigenvalue weighted by molar-refractivity contribution is 0.0533. The second kappa shape index (κ2) is 5.78. The number of carbonyl (C=O) groups is 1. The van der Waals surface area contributed by atoms with Gasteiger partial charge in [-0.2, -0.15) is 0 Å². The number of rotatable bonds is 2. The number of carbonyl (C=O) groups excluding carboxylic acids is 1. The lowest BCUT2D eigenvalue weighted by Crippen LogP contribution is -2.27. The monoisotopic (exact) mass is 332 g/mol. The standard InChI is InChI=1S/C18H24N2O2S/c1-5-22-17(21)15-14(19)12-9-10-8-11(18(2,3)4)6-7-13(10)20-16(12)23-15/h9,11H,5-8,19H2,1-4H3/t11-/m1/s1. The number of esters is 1. The SMILES string of the molecule is CCOC(=O)c1sc2nc3c(cc2c1N)C[C@H](C(C)(C)C)CC3. The number of aromatic nitrogens is 1. The fourth-order valence-electron chi connectivity index (χ4n) is 3.28. The van der Waals surface area contributed by atoms with Crippen molar-refractivity contribution in [3.8, 4) is 0 Å². The van der Waals surface area contributed by atoms with E-state index in [0.29, 0.717) is 28.5 Å². The number of ether oxygens (including phenoxy) is 1. The van der Waals surface area contributed by atoms with Gasteiger partial charge in [0.1, 0.15) is 9.71 Å². The maximum absolute atomic E-state index is 12.0. The van der Waals surface area contributed by atoms with E-state index < -0.39 is 0 Å². The maximum atomic E-state index is 12.0. The highest BCUT2D eigenvalue weighted by Gasteiger charge is 2.30. The van der Waals surface area contributed by atoms with Crippen molar-refractivity contribution < 1.29 is 9.53 Å². The summed E-state index contributed by atoms with van der Waals surface area (Å²) in [5.74, 6) is 0.303. The molecule has 0 aliphatic heterocycles. The highest BCUT2D eigenvalue weighted by atomic mass is 32.1. The van der Waals surface area contributed by atoms with Gasteiger partial charge in [-0.1, -0.05) is 20.8 Å². The summed E-state index contributed by atoms with van der Waals surface area (Å²) in [5, 5.41) is 0.895. The van der Waals surface area contributed by atoms with Crippen LogP contribution in [0.5, 0.6) is 0 Å². The van der Waals surface area contributed by atoms with Crippen molar-refractivity contribution in [3.63, 3.8) is 0 Å². The molecule has 2 aromatic heterocycles. The lowest BCUT2D eigenvalue weighted by atomic mass is 9.71. The Balaban J connectivity index is 2.02. The minimum Gasteiger partial charge on any atom is -0.462 e. The van der Waals surface area contributed by atoms with Crippen LogP contribution in [0, 0.1) is 11.3 Å². The van der Waals surface area contributed by atoms with Crippen molar-refractivity contribution in [3.05, 3.63) is 22.2 Å².